The molecule has 0 saturated carbocycles. The fourth-order valence-electron chi connectivity index (χ4n) is 1.94. The number of ketones is 1. The first-order valence-electron chi connectivity index (χ1n) is 6.75. The molecule has 0 aromatic heterocycles. The summed E-state index contributed by atoms with van der Waals surface area (Å²) < 4.78 is 0. The smallest absolute Gasteiger partial charge is 0.144 e. The number of carbonyl (C=O) groups is 1. The minimum atomic E-state index is -0.0343. The highest BCUT2D eigenvalue weighted by atomic mass is 16.1. The van der Waals surface area contributed by atoms with E-state index in [4.69, 9.17) is 0 Å². The van der Waals surface area contributed by atoms with Crippen LogP contribution < -0.4 is 5.32 Å². The fraction of sp³-hybridized carbons (Fsp3) is 0.562. The molecule has 0 fully saturated rings. The number of rotatable bonds is 6. The van der Waals surface area contributed by atoms with E-state index in [2.05, 4.69) is 50.4 Å². The maximum Gasteiger partial charge on any atom is 0.144 e. The van der Waals surface area contributed by atoms with Crippen molar-refractivity contribution >= 4 is 5.78 Å². The van der Waals surface area contributed by atoms with Crippen molar-refractivity contribution in [1.29, 1.82) is 0 Å². The van der Waals surface area contributed by atoms with Crippen molar-refractivity contribution in [3.63, 3.8) is 0 Å². The second-order valence-corrected chi connectivity index (χ2v) is 5.58. The van der Waals surface area contributed by atoms with Crippen LogP contribution in [0.25, 0.3) is 0 Å². The molecular formula is C16H25NO. The second-order valence-electron chi connectivity index (χ2n) is 5.58. The Labute approximate surface area is 111 Å². The van der Waals surface area contributed by atoms with Gasteiger partial charge in [0, 0.05) is 18.5 Å². The van der Waals surface area contributed by atoms with Gasteiger partial charge < -0.3 is 5.32 Å². The third-order valence-electron chi connectivity index (χ3n) is 3.12. The SMILES string of the molecule is Cc1ccc(C(CNC(C)C)C(=O)C(C)C)cc1. The quantitative estimate of drug-likeness (QED) is 0.835. The Hall–Kier alpha value is -1.15. The highest BCUT2D eigenvalue weighted by molar-refractivity contribution is 5.87. The zero-order chi connectivity index (χ0) is 13.7. The van der Waals surface area contributed by atoms with Crippen molar-refractivity contribution in [3.8, 4) is 0 Å². The first kappa shape index (κ1) is 14.9. The molecule has 0 bridgehead atoms. The van der Waals surface area contributed by atoms with Gasteiger partial charge in [-0.3, -0.25) is 4.79 Å². The van der Waals surface area contributed by atoms with Crippen LogP contribution in [-0.4, -0.2) is 18.4 Å². The van der Waals surface area contributed by atoms with Crippen LogP contribution in [0.3, 0.4) is 0 Å². The molecule has 1 atom stereocenters. The largest absolute Gasteiger partial charge is 0.313 e. The summed E-state index contributed by atoms with van der Waals surface area (Å²) in [7, 11) is 0. The van der Waals surface area contributed by atoms with E-state index in [1.54, 1.807) is 0 Å². The Kier molecular flexibility index (Phi) is 5.54. The number of aryl methyl sites for hydroxylation is 1. The minimum Gasteiger partial charge on any atom is -0.313 e. The maximum atomic E-state index is 12.3. The average Bonchev–Trinajstić information content (AvgIpc) is 2.30. The summed E-state index contributed by atoms with van der Waals surface area (Å²) in [5, 5.41) is 3.37. The topological polar surface area (TPSA) is 29.1 Å². The molecule has 0 aliphatic rings. The molecule has 0 amide bonds. The Balaban J connectivity index is 2.89. The summed E-state index contributed by atoms with van der Waals surface area (Å²) in [6, 6.07) is 8.69. The lowest BCUT2D eigenvalue weighted by Crippen LogP contribution is -2.33. The number of hydrogen-bond donors (Lipinski definition) is 1. The van der Waals surface area contributed by atoms with E-state index in [9.17, 15) is 4.79 Å². The summed E-state index contributed by atoms with van der Waals surface area (Å²) in [6.45, 7) is 10.9. The fourth-order valence-corrected chi connectivity index (χ4v) is 1.94. The molecule has 0 radical (unpaired) electrons. The normalized spacial score (nSPS) is 13.1. The number of benzene rings is 1. The Morgan fingerprint density at radius 1 is 1.11 bits per heavy atom. The third kappa shape index (κ3) is 4.26. The van der Waals surface area contributed by atoms with Crippen LogP contribution in [0.2, 0.25) is 0 Å². The first-order valence-corrected chi connectivity index (χ1v) is 6.75. The van der Waals surface area contributed by atoms with Gasteiger partial charge in [0.2, 0.25) is 0 Å². The van der Waals surface area contributed by atoms with Crippen LogP contribution in [0.1, 0.15) is 44.7 Å². The Morgan fingerprint density at radius 3 is 2.11 bits per heavy atom. The molecule has 0 spiro atoms. The van der Waals surface area contributed by atoms with Gasteiger partial charge in [-0.25, -0.2) is 0 Å². The lowest BCUT2D eigenvalue weighted by Gasteiger charge is -2.20. The first-order chi connectivity index (χ1) is 8.41. The van der Waals surface area contributed by atoms with E-state index in [0.717, 1.165) is 12.1 Å². The van der Waals surface area contributed by atoms with Gasteiger partial charge in [-0.1, -0.05) is 57.5 Å². The van der Waals surface area contributed by atoms with Crippen LogP contribution >= 0.6 is 0 Å². The summed E-state index contributed by atoms with van der Waals surface area (Å²) >= 11 is 0. The summed E-state index contributed by atoms with van der Waals surface area (Å²) in [6.07, 6.45) is 0. The van der Waals surface area contributed by atoms with Crippen LogP contribution in [-0.2, 0) is 4.79 Å². The number of hydrogen-bond acceptors (Lipinski definition) is 2. The van der Waals surface area contributed by atoms with E-state index in [1.807, 2.05) is 13.8 Å². The van der Waals surface area contributed by atoms with Gasteiger partial charge in [-0.15, -0.1) is 0 Å². The number of nitrogens with one attached hydrogen (secondary N) is 1. The van der Waals surface area contributed by atoms with Crippen LogP contribution in [0.5, 0.6) is 0 Å². The highest BCUT2D eigenvalue weighted by Gasteiger charge is 2.22. The zero-order valence-corrected chi connectivity index (χ0v) is 12.2. The molecule has 100 valence electrons. The third-order valence-corrected chi connectivity index (χ3v) is 3.12. The predicted molar refractivity (Wildman–Crippen MR) is 76.9 cm³/mol. The lowest BCUT2D eigenvalue weighted by atomic mass is 9.88. The monoisotopic (exact) mass is 247 g/mol. The minimum absolute atomic E-state index is 0.0343. The van der Waals surface area contributed by atoms with E-state index in [-0.39, 0.29) is 11.8 Å². The van der Waals surface area contributed by atoms with Crippen molar-refractivity contribution in [3.05, 3.63) is 35.4 Å². The molecule has 18 heavy (non-hydrogen) atoms. The molecule has 1 rings (SSSR count). The molecule has 1 N–H and O–H groups in total. The summed E-state index contributed by atoms with van der Waals surface area (Å²) in [4.78, 5) is 12.3. The molecule has 1 aromatic carbocycles. The molecule has 0 saturated heterocycles. The summed E-state index contributed by atoms with van der Waals surface area (Å²) in [5.41, 5.74) is 2.35. The van der Waals surface area contributed by atoms with Gasteiger partial charge in [-0.2, -0.15) is 0 Å². The van der Waals surface area contributed by atoms with Gasteiger partial charge in [0.25, 0.3) is 0 Å². The van der Waals surface area contributed by atoms with Crippen LogP contribution in [0.4, 0.5) is 0 Å². The van der Waals surface area contributed by atoms with Crippen LogP contribution in [0, 0.1) is 12.8 Å². The molecular weight excluding hydrogens is 222 g/mol. The van der Waals surface area contributed by atoms with Crippen molar-refractivity contribution in [1.82, 2.24) is 5.32 Å². The van der Waals surface area contributed by atoms with Gasteiger partial charge in [-0.05, 0) is 12.5 Å². The second kappa shape index (κ2) is 6.69. The van der Waals surface area contributed by atoms with Crippen molar-refractivity contribution in [2.75, 3.05) is 6.54 Å². The molecule has 1 unspecified atom stereocenters. The molecule has 2 nitrogen and oxygen atoms in total. The van der Waals surface area contributed by atoms with E-state index in [0.29, 0.717) is 11.8 Å². The summed E-state index contributed by atoms with van der Waals surface area (Å²) in [5.74, 6) is 0.352. The van der Waals surface area contributed by atoms with Crippen LogP contribution in [0.15, 0.2) is 24.3 Å². The van der Waals surface area contributed by atoms with Gasteiger partial charge in [0.1, 0.15) is 5.78 Å². The highest BCUT2D eigenvalue weighted by Crippen LogP contribution is 2.20. The van der Waals surface area contributed by atoms with Gasteiger partial charge in [0.15, 0.2) is 0 Å². The van der Waals surface area contributed by atoms with Crippen molar-refractivity contribution in [2.24, 2.45) is 5.92 Å². The van der Waals surface area contributed by atoms with E-state index >= 15 is 0 Å². The number of Topliss-reactive ketones (excluding diaryl/α,β-unsaturated/α-hetero) is 1. The molecule has 2 heteroatoms. The van der Waals surface area contributed by atoms with Crippen molar-refractivity contribution in [2.45, 2.75) is 46.6 Å². The zero-order valence-electron chi connectivity index (χ0n) is 12.2. The van der Waals surface area contributed by atoms with E-state index in [1.165, 1.54) is 5.56 Å². The number of carbonyl (C=O) groups excluding carboxylic acids is 1. The molecule has 1 aromatic rings. The Morgan fingerprint density at radius 2 is 1.67 bits per heavy atom. The van der Waals surface area contributed by atoms with Crippen molar-refractivity contribution < 1.29 is 4.79 Å². The predicted octanol–water partition coefficient (Wildman–Crippen LogP) is 3.30. The molecule has 0 aliphatic heterocycles. The lowest BCUT2D eigenvalue weighted by molar-refractivity contribution is -0.123. The maximum absolute atomic E-state index is 12.3. The molecule has 0 aliphatic carbocycles. The Bertz CT molecular complexity index is 379. The standard InChI is InChI=1S/C16H25NO/c1-11(2)16(18)15(10-17-12(3)4)14-8-6-13(5)7-9-14/h6-9,11-12,15,17H,10H2,1-5H3. The van der Waals surface area contributed by atoms with E-state index < -0.39 is 0 Å². The molecule has 0 heterocycles. The average molecular weight is 247 g/mol. The van der Waals surface area contributed by atoms with Gasteiger partial charge >= 0.3 is 0 Å². The van der Waals surface area contributed by atoms with Gasteiger partial charge in [0.05, 0.1) is 5.92 Å².